The van der Waals surface area contributed by atoms with Crippen molar-refractivity contribution in [3.8, 4) is 0 Å². The third-order valence-electron chi connectivity index (χ3n) is 6.21. The van der Waals surface area contributed by atoms with Gasteiger partial charge in [0.1, 0.15) is 5.00 Å². The lowest BCUT2D eigenvalue weighted by molar-refractivity contribution is 0.0941. The van der Waals surface area contributed by atoms with Gasteiger partial charge in [0.2, 0.25) is 0 Å². The summed E-state index contributed by atoms with van der Waals surface area (Å²) in [5.74, 6) is -0.452. The van der Waals surface area contributed by atoms with Gasteiger partial charge < -0.3 is 10.6 Å². The van der Waals surface area contributed by atoms with Crippen molar-refractivity contribution in [2.75, 3.05) is 16.8 Å². The zero-order chi connectivity index (χ0) is 23.1. The summed E-state index contributed by atoms with van der Waals surface area (Å²) >= 11 is 1.47. The van der Waals surface area contributed by atoms with Crippen LogP contribution >= 0.6 is 11.3 Å². The van der Waals surface area contributed by atoms with Crippen molar-refractivity contribution < 1.29 is 18.0 Å². The highest BCUT2D eigenvalue weighted by atomic mass is 32.2. The molecule has 1 fully saturated rings. The number of carbonyl (C=O) groups excluding carboxylic acids is 2. The lowest BCUT2D eigenvalue weighted by Crippen LogP contribution is -2.36. The number of fused-ring (bicyclic) bond motifs is 1. The van der Waals surface area contributed by atoms with Gasteiger partial charge in [-0.05, 0) is 60.8 Å². The van der Waals surface area contributed by atoms with Crippen LogP contribution in [-0.4, -0.2) is 37.8 Å². The second kappa shape index (κ2) is 8.63. The molecule has 2 aliphatic rings. The molecule has 6 nitrogen and oxygen atoms in total. The lowest BCUT2D eigenvalue weighted by atomic mass is 9.87. The Bertz CT molecular complexity index is 1140. The first-order valence-corrected chi connectivity index (χ1v) is 13.7. The van der Waals surface area contributed by atoms with Gasteiger partial charge >= 0.3 is 0 Å². The Morgan fingerprint density at radius 1 is 1.03 bits per heavy atom. The number of carbonyl (C=O) groups is 2. The molecule has 1 saturated heterocycles. The molecule has 0 radical (unpaired) electrons. The van der Waals surface area contributed by atoms with E-state index in [1.807, 2.05) is 24.3 Å². The monoisotopic (exact) mass is 474 g/mol. The lowest BCUT2D eigenvalue weighted by Gasteiger charge is -2.19. The van der Waals surface area contributed by atoms with Gasteiger partial charge in [0.25, 0.3) is 11.8 Å². The maximum absolute atomic E-state index is 13.2. The van der Waals surface area contributed by atoms with Crippen LogP contribution < -0.4 is 10.6 Å². The fraction of sp³-hybridized carbons (Fsp3) is 0.500. The van der Waals surface area contributed by atoms with Crippen molar-refractivity contribution in [3.63, 3.8) is 0 Å². The third kappa shape index (κ3) is 4.91. The second-order valence-corrected chi connectivity index (χ2v) is 13.1. The summed E-state index contributed by atoms with van der Waals surface area (Å²) in [6, 6.07) is 7.17. The van der Waals surface area contributed by atoms with Gasteiger partial charge in [0, 0.05) is 16.5 Å². The fourth-order valence-electron chi connectivity index (χ4n) is 4.36. The highest BCUT2D eigenvalue weighted by Crippen LogP contribution is 2.38. The van der Waals surface area contributed by atoms with Crippen LogP contribution in [0, 0.1) is 0 Å². The molecule has 0 bridgehead atoms. The van der Waals surface area contributed by atoms with Crippen LogP contribution in [0.4, 0.5) is 5.00 Å². The van der Waals surface area contributed by atoms with E-state index in [0.29, 0.717) is 22.5 Å². The Labute approximate surface area is 193 Å². The third-order valence-corrected chi connectivity index (χ3v) is 9.18. The van der Waals surface area contributed by atoms with E-state index in [9.17, 15) is 18.0 Å². The van der Waals surface area contributed by atoms with Crippen molar-refractivity contribution in [1.82, 2.24) is 5.32 Å². The Morgan fingerprint density at radius 2 is 1.72 bits per heavy atom. The van der Waals surface area contributed by atoms with Crippen LogP contribution in [0.2, 0.25) is 0 Å². The van der Waals surface area contributed by atoms with E-state index < -0.39 is 9.84 Å². The Kier molecular flexibility index (Phi) is 6.20. The highest BCUT2D eigenvalue weighted by molar-refractivity contribution is 7.91. The summed E-state index contributed by atoms with van der Waals surface area (Å²) in [6.45, 7) is 6.37. The molecule has 1 atom stereocenters. The maximum Gasteiger partial charge on any atom is 0.256 e. The van der Waals surface area contributed by atoms with Crippen LogP contribution in [0.1, 0.15) is 76.8 Å². The summed E-state index contributed by atoms with van der Waals surface area (Å²) < 4.78 is 23.6. The number of nitrogens with one attached hydrogen (secondary N) is 2. The number of hydrogen-bond acceptors (Lipinski definition) is 5. The molecule has 0 saturated carbocycles. The fourth-order valence-corrected chi connectivity index (χ4v) is 7.31. The maximum atomic E-state index is 13.2. The van der Waals surface area contributed by atoms with E-state index in [0.717, 1.165) is 41.7 Å². The van der Waals surface area contributed by atoms with Crippen molar-refractivity contribution in [2.45, 2.75) is 64.3 Å². The molecule has 172 valence electrons. The SMILES string of the molecule is CC(C)(C)c1ccc(C(=O)Nc2sc3c(c2C(=O)N[C@@H]2CCS(=O)(=O)C2)CCCC3)cc1. The molecule has 1 aliphatic heterocycles. The van der Waals surface area contributed by atoms with Gasteiger partial charge in [-0.3, -0.25) is 9.59 Å². The summed E-state index contributed by atoms with van der Waals surface area (Å²) in [4.78, 5) is 27.3. The first-order chi connectivity index (χ1) is 15.0. The van der Waals surface area contributed by atoms with Gasteiger partial charge in [-0.2, -0.15) is 0 Å². The smallest absolute Gasteiger partial charge is 0.256 e. The van der Waals surface area contributed by atoms with Crippen LogP contribution in [0.15, 0.2) is 24.3 Å². The number of benzene rings is 1. The number of aryl methyl sites for hydroxylation is 1. The van der Waals surface area contributed by atoms with Crippen LogP contribution in [0.3, 0.4) is 0 Å². The standard InChI is InChI=1S/C24H30N2O4S2/c1-24(2,3)16-10-8-15(9-11-16)21(27)26-23-20(18-6-4-5-7-19(18)31-23)22(28)25-17-12-13-32(29,30)14-17/h8-11,17H,4-7,12-14H2,1-3H3,(H,25,28)(H,26,27)/t17-/m1/s1. The molecule has 32 heavy (non-hydrogen) atoms. The van der Waals surface area contributed by atoms with Crippen molar-refractivity contribution in [1.29, 1.82) is 0 Å². The molecule has 0 unspecified atom stereocenters. The summed E-state index contributed by atoms with van der Waals surface area (Å²) in [7, 11) is -3.09. The molecule has 2 aromatic rings. The quantitative estimate of drug-likeness (QED) is 0.698. The number of anilines is 1. The average Bonchev–Trinajstić information content (AvgIpc) is 3.26. The number of amides is 2. The molecule has 1 aromatic carbocycles. The predicted molar refractivity (Wildman–Crippen MR) is 129 cm³/mol. The molecule has 0 spiro atoms. The molecule has 1 aromatic heterocycles. The summed E-state index contributed by atoms with van der Waals surface area (Å²) in [6.07, 6.45) is 4.20. The minimum atomic E-state index is -3.09. The first-order valence-electron chi connectivity index (χ1n) is 11.1. The van der Waals surface area contributed by atoms with Crippen molar-refractivity contribution >= 4 is 38.0 Å². The Morgan fingerprint density at radius 3 is 2.34 bits per heavy atom. The molecule has 2 N–H and O–H groups in total. The van der Waals surface area contributed by atoms with Crippen LogP contribution in [0.5, 0.6) is 0 Å². The normalized spacial score (nSPS) is 19.9. The average molecular weight is 475 g/mol. The van der Waals surface area contributed by atoms with E-state index in [2.05, 4.69) is 31.4 Å². The van der Waals surface area contributed by atoms with Gasteiger partial charge in [-0.25, -0.2) is 8.42 Å². The van der Waals surface area contributed by atoms with Crippen LogP contribution in [-0.2, 0) is 28.1 Å². The largest absolute Gasteiger partial charge is 0.348 e. The topological polar surface area (TPSA) is 92.3 Å². The Balaban J connectivity index is 1.58. The van der Waals surface area contributed by atoms with Gasteiger partial charge in [0.05, 0.1) is 17.1 Å². The number of sulfone groups is 1. The molecule has 1 aliphatic carbocycles. The van der Waals surface area contributed by atoms with E-state index in [4.69, 9.17) is 0 Å². The summed E-state index contributed by atoms with van der Waals surface area (Å²) in [5, 5.41) is 6.42. The number of thiophene rings is 1. The summed E-state index contributed by atoms with van der Waals surface area (Å²) in [5.41, 5.74) is 3.19. The highest BCUT2D eigenvalue weighted by Gasteiger charge is 2.32. The zero-order valence-corrected chi connectivity index (χ0v) is 20.4. The van der Waals surface area contributed by atoms with E-state index >= 15 is 0 Å². The molecule has 2 amide bonds. The second-order valence-electron chi connectivity index (χ2n) is 9.77. The zero-order valence-electron chi connectivity index (χ0n) is 18.8. The van der Waals surface area contributed by atoms with Gasteiger partial charge in [-0.1, -0.05) is 32.9 Å². The molecule has 8 heteroatoms. The molecule has 2 heterocycles. The van der Waals surface area contributed by atoms with Crippen LogP contribution in [0.25, 0.3) is 0 Å². The first kappa shape index (κ1) is 23.0. The molecule has 4 rings (SSSR count). The minimum absolute atomic E-state index is 0.000784. The van der Waals surface area contributed by atoms with Gasteiger partial charge in [-0.15, -0.1) is 11.3 Å². The minimum Gasteiger partial charge on any atom is -0.348 e. The Hall–Kier alpha value is -2.19. The van der Waals surface area contributed by atoms with Crippen molar-refractivity contribution in [2.24, 2.45) is 0 Å². The van der Waals surface area contributed by atoms with E-state index in [1.165, 1.54) is 11.3 Å². The van der Waals surface area contributed by atoms with Crippen molar-refractivity contribution in [3.05, 3.63) is 51.4 Å². The van der Waals surface area contributed by atoms with E-state index in [-0.39, 0.29) is 34.8 Å². The number of hydrogen-bond donors (Lipinski definition) is 2. The van der Waals surface area contributed by atoms with Gasteiger partial charge in [0.15, 0.2) is 9.84 Å². The number of rotatable bonds is 4. The molecular weight excluding hydrogens is 444 g/mol. The molecular formula is C24H30N2O4S2. The predicted octanol–water partition coefficient (Wildman–Crippen LogP) is 4.09. The van der Waals surface area contributed by atoms with E-state index in [1.54, 1.807) is 0 Å².